The molecule has 0 radical (unpaired) electrons. The van der Waals surface area contributed by atoms with Gasteiger partial charge in [0.2, 0.25) is 0 Å². The molecule has 2 aliphatic carbocycles. The molecule has 2 fully saturated rings. The zero-order chi connectivity index (χ0) is 9.05. The van der Waals surface area contributed by atoms with E-state index in [1.807, 2.05) is 0 Å². The van der Waals surface area contributed by atoms with Crippen LogP contribution in [0.3, 0.4) is 0 Å². The molecule has 0 aromatic carbocycles. The minimum absolute atomic E-state index is 0.0671. The summed E-state index contributed by atoms with van der Waals surface area (Å²) in [7, 11) is 1.46. The SMILES string of the molecule is COC(=O)[C@@H]1[C@@H]2C=CC23COC[C@@H]13. The maximum atomic E-state index is 11.4. The van der Waals surface area contributed by atoms with E-state index in [0.29, 0.717) is 11.8 Å². The molecule has 70 valence electrons. The summed E-state index contributed by atoms with van der Waals surface area (Å²) in [5, 5.41) is 0. The summed E-state index contributed by atoms with van der Waals surface area (Å²) in [6.45, 7) is 1.52. The highest BCUT2D eigenvalue weighted by Gasteiger charge is 2.68. The number of hydrogen-bond acceptors (Lipinski definition) is 3. The van der Waals surface area contributed by atoms with Crippen molar-refractivity contribution in [3.05, 3.63) is 12.2 Å². The van der Waals surface area contributed by atoms with E-state index in [2.05, 4.69) is 12.2 Å². The van der Waals surface area contributed by atoms with E-state index in [1.165, 1.54) is 7.11 Å². The van der Waals surface area contributed by atoms with Gasteiger partial charge >= 0.3 is 5.97 Å². The fraction of sp³-hybridized carbons (Fsp3) is 0.700. The molecule has 0 bridgehead atoms. The maximum Gasteiger partial charge on any atom is 0.309 e. The van der Waals surface area contributed by atoms with Crippen molar-refractivity contribution in [1.29, 1.82) is 0 Å². The van der Waals surface area contributed by atoms with Gasteiger partial charge in [-0.05, 0) is 0 Å². The van der Waals surface area contributed by atoms with Gasteiger partial charge < -0.3 is 9.47 Å². The molecular formula is C10H12O3. The molecule has 1 saturated heterocycles. The van der Waals surface area contributed by atoms with E-state index >= 15 is 0 Å². The van der Waals surface area contributed by atoms with Crippen molar-refractivity contribution in [2.24, 2.45) is 23.2 Å². The molecule has 3 aliphatic rings. The van der Waals surface area contributed by atoms with Crippen molar-refractivity contribution in [1.82, 2.24) is 0 Å². The molecule has 3 rings (SSSR count). The first-order valence-corrected chi connectivity index (χ1v) is 4.64. The Hall–Kier alpha value is -0.830. The normalized spacial score (nSPS) is 50.1. The van der Waals surface area contributed by atoms with Gasteiger partial charge in [0, 0.05) is 17.3 Å². The fourth-order valence-electron chi connectivity index (χ4n) is 3.07. The van der Waals surface area contributed by atoms with Gasteiger partial charge in [0.25, 0.3) is 0 Å². The lowest BCUT2D eigenvalue weighted by Crippen LogP contribution is -2.61. The van der Waals surface area contributed by atoms with Gasteiger partial charge in [-0.3, -0.25) is 4.79 Å². The molecular weight excluding hydrogens is 168 g/mol. The molecule has 1 heterocycles. The van der Waals surface area contributed by atoms with Gasteiger partial charge in [0.15, 0.2) is 0 Å². The van der Waals surface area contributed by atoms with Crippen LogP contribution >= 0.6 is 0 Å². The Morgan fingerprint density at radius 1 is 1.69 bits per heavy atom. The Labute approximate surface area is 76.7 Å². The minimum atomic E-state index is -0.0690. The van der Waals surface area contributed by atoms with E-state index in [9.17, 15) is 4.79 Å². The standard InChI is InChI=1S/C10H12O3/c1-12-9(11)8-6-2-3-10(6)5-13-4-7(8)10/h2-3,6-8H,4-5H2,1H3/t6-,7-,8+,10?/m0/s1. The van der Waals surface area contributed by atoms with Crippen LogP contribution in [0.2, 0.25) is 0 Å². The monoisotopic (exact) mass is 180 g/mol. The first kappa shape index (κ1) is 7.56. The minimum Gasteiger partial charge on any atom is -0.469 e. The molecule has 1 saturated carbocycles. The number of rotatable bonds is 1. The lowest BCUT2D eigenvalue weighted by molar-refractivity contribution is -0.165. The summed E-state index contributed by atoms with van der Waals surface area (Å²) in [5.41, 5.74) is 0.221. The van der Waals surface area contributed by atoms with Gasteiger partial charge in [-0.2, -0.15) is 0 Å². The maximum absolute atomic E-state index is 11.4. The molecule has 13 heavy (non-hydrogen) atoms. The smallest absolute Gasteiger partial charge is 0.309 e. The predicted octanol–water partition coefficient (Wildman–Crippen LogP) is 0.608. The number of methoxy groups -OCH3 is 1. The first-order valence-electron chi connectivity index (χ1n) is 4.64. The highest BCUT2D eigenvalue weighted by molar-refractivity contribution is 5.76. The lowest BCUT2D eigenvalue weighted by atomic mass is 9.43. The fourth-order valence-corrected chi connectivity index (χ4v) is 3.07. The summed E-state index contributed by atoms with van der Waals surface area (Å²) in [5.74, 6) is 0.778. The predicted molar refractivity (Wildman–Crippen MR) is 44.9 cm³/mol. The molecule has 4 atom stereocenters. The van der Waals surface area contributed by atoms with Gasteiger partial charge in [0.1, 0.15) is 0 Å². The third-order valence-corrected chi connectivity index (χ3v) is 3.87. The number of carbonyl (C=O) groups excluding carboxylic acids is 1. The Morgan fingerprint density at radius 2 is 2.54 bits per heavy atom. The molecule has 1 aliphatic heterocycles. The second kappa shape index (κ2) is 2.15. The number of carbonyl (C=O) groups is 1. The van der Waals surface area contributed by atoms with Gasteiger partial charge in [-0.25, -0.2) is 0 Å². The van der Waals surface area contributed by atoms with Gasteiger partial charge in [0.05, 0.1) is 26.2 Å². The largest absolute Gasteiger partial charge is 0.469 e. The van der Waals surface area contributed by atoms with Crippen LogP contribution in [0.25, 0.3) is 0 Å². The summed E-state index contributed by atoms with van der Waals surface area (Å²) >= 11 is 0. The van der Waals surface area contributed by atoms with Crippen molar-refractivity contribution in [3.63, 3.8) is 0 Å². The topological polar surface area (TPSA) is 35.5 Å². The van der Waals surface area contributed by atoms with Crippen LogP contribution in [-0.4, -0.2) is 26.3 Å². The molecule has 0 aromatic rings. The zero-order valence-electron chi connectivity index (χ0n) is 7.53. The van der Waals surface area contributed by atoms with E-state index in [4.69, 9.17) is 9.47 Å². The summed E-state index contributed by atoms with van der Waals surface area (Å²) in [6, 6.07) is 0. The highest BCUT2D eigenvalue weighted by Crippen LogP contribution is 2.66. The number of allylic oxidation sites excluding steroid dienone is 1. The summed E-state index contributed by atoms with van der Waals surface area (Å²) < 4.78 is 10.2. The Morgan fingerprint density at radius 3 is 3.15 bits per heavy atom. The molecule has 0 amide bonds. The first-order chi connectivity index (χ1) is 6.29. The van der Waals surface area contributed by atoms with E-state index in [1.54, 1.807) is 0 Å². The van der Waals surface area contributed by atoms with Crippen molar-refractivity contribution < 1.29 is 14.3 Å². The van der Waals surface area contributed by atoms with Crippen LogP contribution in [0.5, 0.6) is 0 Å². The molecule has 0 aromatic heterocycles. The second-order valence-electron chi connectivity index (χ2n) is 4.17. The van der Waals surface area contributed by atoms with Crippen LogP contribution in [0.15, 0.2) is 12.2 Å². The molecule has 0 N–H and O–H groups in total. The number of hydrogen-bond donors (Lipinski definition) is 0. The van der Waals surface area contributed by atoms with Crippen LogP contribution in [0.1, 0.15) is 0 Å². The van der Waals surface area contributed by atoms with Crippen LogP contribution < -0.4 is 0 Å². The number of esters is 1. The average molecular weight is 180 g/mol. The molecule has 1 unspecified atom stereocenters. The molecule has 3 nitrogen and oxygen atoms in total. The van der Waals surface area contributed by atoms with E-state index in [-0.39, 0.29) is 17.3 Å². The van der Waals surface area contributed by atoms with Crippen LogP contribution in [-0.2, 0) is 14.3 Å². The molecule has 3 heteroatoms. The van der Waals surface area contributed by atoms with E-state index in [0.717, 1.165) is 13.2 Å². The highest BCUT2D eigenvalue weighted by atomic mass is 16.5. The van der Waals surface area contributed by atoms with Gasteiger partial charge in [-0.15, -0.1) is 0 Å². The number of ether oxygens (including phenoxy) is 2. The Bertz CT molecular complexity index is 297. The Kier molecular flexibility index (Phi) is 1.25. The summed E-state index contributed by atoms with van der Waals surface area (Å²) in [6.07, 6.45) is 4.32. The average Bonchev–Trinajstić information content (AvgIpc) is 2.54. The van der Waals surface area contributed by atoms with Crippen molar-refractivity contribution in [2.75, 3.05) is 20.3 Å². The van der Waals surface area contributed by atoms with Crippen molar-refractivity contribution in [3.8, 4) is 0 Å². The lowest BCUT2D eigenvalue weighted by Gasteiger charge is -2.58. The third-order valence-electron chi connectivity index (χ3n) is 3.87. The second-order valence-corrected chi connectivity index (χ2v) is 4.17. The third kappa shape index (κ3) is 0.645. The summed E-state index contributed by atoms with van der Waals surface area (Å²) in [4.78, 5) is 11.4. The van der Waals surface area contributed by atoms with Crippen molar-refractivity contribution >= 4 is 5.97 Å². The molecule has 1 spiro atoms. The zero-order valence-corrected chi connectivity index (χ0v) is 7.53. The van der Waals surface area contributed by atoms with Crippen LogP contribution in [0, 0.1) is 23.2 Å². The van der Waals surface area contributed by atoms with Crippen LogP contribution in [0.4, 0.5) is 0 Å². The van der Waals surface area contributed by atoms with E-state index < -0.39 is 0 Å². The van der Waals surface area contributed by atoms with Crippen molar-refractivity contribution in [2.45, 2.75) is 0 Å². The quantitative estimate of drug-likeness (QED) is 0.438. The Balaban J connectivity index is 1.88. The van der Waals surface area contributed by atoms with Gasteiger partial charge in [-0.1, -0.05) is 12.2 Å².